The van der Waals surface area contributed by atoms with Crippen LogP contribution < -0.4 is 4.74 Å². The summed E-state index contributed by atoms with van der Waals surface area (Å²) in [7, 11) is 3.36. The number of thioether (sulfide) groups is 1. The number of para-hydroxylation sites is 1. The first-order valence-corrected chi connectivity index (χ1v) is 8.80. The second-order valence-electron chi connectivity index (χ2n) is 5.50. The Morgan fingerprint density at radius 3 is 2.62 bits per heavy atom. The van der Waals surface area contributed by atoms with Crippen molar-refractivity contribution in [2.45, 2.75) is 11.4 Å². The van der Waals surface area contributed by atoms with Crippen LogP contribution in [0.4, 0.5) is 0 Å². The van der Waals surface area contributed by atoms with Gasteiger partial charge in [-0.3, -0.25) is 4.79 Å². The van der Waals surface area contributed by atoms with Gasteiger partial charge < -0.3 is 14.1 Å². The molecule has 0 radical (unpaired) electrons. The van der Waals surface area contributed by atoms with E-state index in [4.69, 9.17) is 9.15 Å². The maximum atomic E-state index is 12.6. The van der Waals surface area contributed by atoms with E-state index < -0.39 is 0 Å². The molecule has 24 heavy (non-hydrogen) atoms. The number of nitrogens with zero attached hydrogens (tertiary/aromatic N) is 1. The predicted octanol–water partition coefficient (Wildman–Crippen LogP) is 4.44. The Morgan fingerprint density at radius 1 is 1.21 bits per heavy atom. The predicted molar refractivity (Wildman–Crippen MR) is 96.8 cm³/mol. The molecule has 0 atom stereocenters. The van der Waals surface area contributed by atoms with Gasteiger partial charge in [0.1, 0.15) is 0 Å². The summed E-state index contributed by atoms with van der Waals surface area (Å²) in [5.74, 6) is 0.793. The van der Waals surface area contributed by atoms with E-state index in [1.54, 1.807) is 36.9 Å². The summed E-state index contributed by atoms with van der Waals surface area (Å²) >= 11 is 1.70. The molecule has 0 unspecified atom stereocenters. The van der Waals surface area contributed by atoms with E-state index in [9.17, 15) is 4.79 Å². The quantitative estimate of drug-likeness (QED) is 0.644. The molecule has 0 saturated carbocycles. The Bertz CT molecular complexity index is 855. The first-order chi connectivity index (χ1) is 11.6. The molecule has 5 heteroatoms. The minimum Gasteiger partial charge on any atom is -0.493 e. The van der Waals surface area contributed by atoms with E-state index in [1.807, 2.05) is 36.6 Å². The summed E-state index contributed by atoms with van der Waals surface area (Å²) in [6, 6.07) is 15.6. The molecular formula is C19H19NO3S. The molecule has 0 spiro atoms. The fourth-order valence-electron chi connectivity index (χ4n) is 2.57. The van der Waals surface area contributed by atoms with Gasteiger partial charge in [0.15, 0.2) is 17.1 Å². The molecule has 4 nitrogen and oxygen atoms in total. The van der Waals surface area contributed by atoms with E-state index >= 15 is 0 Å². The van der Waals surface area contributed by atoms with Crippen LogP contribution in [0.2, 0.25) is 0 Å². The van der Waals surface area contributed by atoms with Crippen LogP contribution in [0.1, 0.15) is 16.1 Å². The van der Waals surface area contributed by atoms with Crippen molar-refractivity contribution >= 4 is 28.6 Å². The lowest BCUT2D eigenvalue weighted by Gasteiger charge is -2.16. The molecule has 0 saturated heterocycles. The molecule has 3 rings (SSSR count). The second kappa shape index (κ2) is 7.01. The van der Waals surface area contributed by atoms with Crippen molar-refractivity contribution in [1.82, 2.24) is 4.90 Å². The molecule has 1 heterocycles. The number of benzene rings is 2. The number of hydrogen-bond acceptors (Lipinski definition) is 4. The Hall–Kier alpha value is -2.40. The maximum absolute atomic E-state index is 12.6. The average Bonchev–Trinajstić information content (AvgIpc) is 3.05. The number of amides is 1. The van der Waals surface area contributed by atoms with Gasteiger partial charge in [-0.15, -0.1) is 11.8 Å². The number of carbonyl (C=O) groups is 1. The van der Waals surface area contributed by atoms with Crippen molar-refractivity contribution in [1.29, 1.82) is 0 Å². The van der Waals surface area contributed by atoms with Crippen LogP contribution >= 0.6 is 11.8 Å². The highest BCUT2D eigenvalue weighted by atomic mass is 32.2. The van der Waals surface area contributed by atoms with Crippen LogP contribution in [-0.2, 0) is 6.54 Å². The van der Waals surface area contributed by atoms with Gasteiger partial charge in [-0.25, -0.2) is 0 Å². The molecule has 0 aliphatic carbocycles. The number of methoxy groups -OCH3 is 1. The van der Waals surface area contributed by atoms with Gasteiger partial charge in [0.05, 0.1) is 7.11 Å². The number of ether oxygens (including phenoxy) is 1. The van der Waals surface area contributed by atoms with Gasteiger partial charge in [-0.05, 0) is 36.1 Å². The first kappa shape index (κ1) is 16.5. The van der Waals surface area contributed by atoms with Crippen LogP contribution in [0, 0.1) is 0 Å². The third kappa shape index (κ3) is 3.26. The largest absolute Gasteiger partial charge is 0.493 e. The topological polar surface area (TPSA) is 42.7 Å². The third-order valence-electron chi connectivity index (χ3n) is 3.86. The maximum Gasteiger partial charge on any atom is 0.289 e. The summed E-state index contributed by atoms with van der Waals surface area (Å²) in [5.41, 5.74) is 1.68. The average molecular weight is 341 g/mol. The van der Waals surface area contributed by atoms with Crippen LogP contribution in [0.25, 0.3) is 11.0 Å². The molecule has 0 fully saturated rings. The summed E-state index contributed by atoms with van der Waals surface area (Å²) in [6.07, 6.45) is 2.04. The van der Waals surface area contributed by atoms with E-state index in [1.165, 1.54) is 4.90 Å². The fraction of sp³-hybridized carbons (Fsp3) is 0.211. The van der Waals surface area contributed by atoms with Gasteiger partial charge in [-0.1, -0.05) is 24.3 Å². The summed E-state index contributed by atoms with van der Waals surface area (Å²) < 4.78 is 11.0. The van der Waals surface area contributed by atoms with Crippen molar-refractivity contribution in [2.24, 2.45) is 0 Å². The molecule has 0 bridgehead atoms. The zero-order valence-electron chi connectivity index (χ0n) is 13.9. The lowest BCUT2D eigenvalue weighted by Crippen LogP contribution is -2.25. The smallest absolute Gasteiger partial charge is 0.289 e. The zero-order chi connectivity index (χ0) is 17.1. The highest BCUT2D eigenvalue weighted by Crippen LogP contribution is 2.29. The highest BCUT2D eigenvalue weighted by Gasteiger charge is 2.18. The van der Waals surface area contributed by atoms with Crippen LogP contribution in [0.15, 0.2) is 57.8 Å². The lowest BCUT2D eigenvalue weighted by atomic mass is 10.2. The van der Waals surface area contributed by atoms with E-state index in [-0.39, 0.29) is 5.91 Å². The summed E-state index contributed by atoms with van der Waals surface area (Å²) in [4.78, 5) is 15.5. The molecule has 124 valence electrons. The third-order valence-corrected chi connectivity index (χ3v) is 4.61. The van der Waals surface area contributed by atoms with Crippen LogP contribution in [0.3, 0.4) is 0 Å². The normalized spacial score (nSPS) is 10.8. The van der Waals surface area contributed by atoms with E-state index in [0.29, 0.717) is 23.6 Å². The van der Waals surface area contributed by atoms with Crippen LogP contribution in [0.5, 0.6) is 5.75 Å². The van der Waals surface area contributed by atoms with Crippen molar-refractivity contribution in [2.75, 3.05) is 20.4 Å². The van der Waals surface area contributed by atoms with Gasteiger partial charge >= 0.3 is 0 Å². The minimum atomic E-state index is -0.151. The first-order valence-electron chi connectivity index (χ1n) is 7.57. The number of carbonyl (C=O) groups excluding carboxylic acids is 1. The molecule has 0 N–H and O–H groups in total. The SMILES string of the molecule is COc1cccc2cc(C(=O)N(C)Cc3ccc(SC)cc3)oc12. The number of hydrogen-bond donors (Lipinski definition) is 0. The standard InChI is InChI=1S/C19H19NO3S/c1-20(12-13-7-9-15(24-3)10-8-13)19(21)17-11-14-5-4-6-16(22-2)18(14)23-17/h4-11H,12H2,1-3H3. The van der Waals surface area contributed by atoms with Gasteiger partial charge in [0.2, 0.25) is 0 Å². The Labute approximate surface area is 145 Å². The Kier molecular flexibility index (Phi) is 4.81. The van der Waals surface area contributed by atoms with Gasteiger partial charge in [-0.2, -0.15) is 0 Å². The van der Waals surface area contributed by atoms with Crippen molar-refractivity contribution in [3.63, 3.8) is 0 Å². The summed E-state index contributed by atoms with van der Waals surface area (Å²) in [6.45, 7) is 0.529. The zero-order valence-corrected chi connectivity index (χ0v) is 14.7. The van der Waals surface area contributed by atoms with Crippen molar-refractivity contribution in [3.8, 4) is 5.75 Å². The lowest BCUT2D eigenvalue weighted by molar-refractivity contribution is 0.0755. The van der Waals surface area contributed by atoms with Gasteiger partial charge in [0, 0.05) is 23.9 Å². The van der Waals surface area contributed by atoms with Gasteiger partial charge in [0.25, 0.3) is 5.91 Å². The Morgan fingerprint density at radius 2 is 1.96 bits per heavy atom. The monoisotopic (exact) mass is 341 g/mol. The molecular weight excluding hydrogens is 322 g/mol. The highest BCUT2D eigenvalue weighted by molar-refractivity contribution is 7.98. The molecule has 1 aromatic heterocycles. The fourth-order valence-corrected chi connectivity index (χ4v) is 2.98. The number of furan rings is 1. The number of fused-ring (bicyclic) bond motifs is 1. The van der Waals surface area contributed by atoms with Crippen LogP contribution in [-0.4, -0.2) is 31.2 Å². The molecule has 2 aromatic carbocycles. The van der Waals surface area contributed by atoms with Crippen molar-refractivity contribution in [3.05, 3.63) is 59.9 Å². The summed E-state index contributed by atoms with van der Waals surface area (Å²) in [5, 5.41) is 0.857. The molecule has 0 aliphatic heterocycles. The van der Waals surface area contributed by atoms with E-state index in [0.717, 1.165) is 10.9 Å². The minimum absolute atomic E-state index is 0.151. The second-order valence-corrected chi connectivity index (χ2v) is 6.38. The number of rotatable bonds is 5. The molecule has 0 aliphatic rings. The molecule has 1 amide bonds. The Balaban J connectivity index is 1.79. The van der Waals surface area contributed by atoms with E-state index in [2.05, 4.69) is 12.1 Å². The molecule has 3 aromatic rings. The van der Waals surface area contributed by atoms with Crippen molar-refractivity contribution < 1.29 is 13.9 Å².